The lowest BCUT2D eigenvalue weighted by atomic mass is 9.68. The van der Waals surface area contributed by atoms with Crippen LogP contribution in [0.25, 0.3) is 0 Å². The van der Waals surface area contributed by atoms with Crippen molar-refractivity contribution in [3.05, 3.63) is 27.7 Å². The van der Waals surface area contributed by atoms with Gasteiger partial charge in [0.1, 0.15) is 5.75 Å². The van der Waals surface area contributed by atoms with E-state index in [1.165, 1.54) is 12.0 Å². The van der Waals surface area contributed by atoms with Crippen LogP contribution in [0.5, 0.6) is 5.75 Å². The lowest BCUT2D eigenvalue weighted by Gasteiger charge is -2.42. The first-order chi connectivity index (χ1) is 9.49. The van der Waals surface area contributed by atoms with E-state index in [9.17, 15) is 5.11 Å². The average Bonchev–Trinajstić information content (AvgIpc) is 2.84. The standard InChI is InChI=1S/C17H23BrO2/c1-11-4-3-6-17(19,12(11)2)10-14-9-15(18)8-13-5-7-20-16(13)14/h8-9,11-12,19H,3-7,10H2,1-2H3. The first-order valence-electron chi connectivity index (χ1n) is 7.66. The van der Waals surface area contributed by atoms with E-state index in [1.54, 1.807) is 0 Å². The summed E-state index contributed by atoms with van der Waals surface area (Å²) < 4.78 is 6.90. The third-order valence-electron chi connectivity index (χ3n) is 5.29. The molecule has 3 atom stereocenters. The number of hydrogen-bond donors (Lipinski definition) is 1. The molecule has 1 aromatic carbocycles. The van der Waals surface area contributed by atoms with Crippen LogP contribution in [0.3, 0.4) is 0 Å². The van der Waals surface area contributed by atoms with Gasteiger partial charge in [0.15, 0.2) is 0 Å². The maximum Gasteiger partial charge on any atom is 0.125 e. The molecule has 1 heterocycles. The maximum absolute atomic E-state index is 11.1. The number of aliphatic hydroxyl groups is 1. The third kappa shape index (κ3) is 2.50. The topological polar surface area (TPSA) is 29.5 Å². The van der Waals surface area contributed by atoms with E-state index in [-0.39, 0.29) is 0 Å². The van der Waals surface area contributed by atoms with Gasteiger partial charge in [0.05, 0.1) is 12.2 Å². The van der Waals surface area contributed by atoms with E-state index in [1.807, 2.05) is 0 Å². The lowest BCUT2D eigenvalue weighted by molar-refractivity contribution is -0.0623. The molecular weight excluding hydrogens is 316 g/mol. The summed E-state index contributed by atoms with van der Waals surface area (Å²) in [5.74, 6) is 1.95. The van der Waals surface area contributed by atoms with Crippen molar-refractivity contribution in [1.29, 1.82) is 0 Å². The predicted molar refractivity (Wildman–Crippen MR) is 84.2 cm³/mol. The first kappa shape index (κ1) is 14.4. The molecule has 1 aliphatic carbocycles. The Kier molecular flexibility index (Phi) is 3.85. The fourth-order valence-electron chi connectivity index (χ4n) is 3.79. The van der Waals surface area contributed by atoms with Gasteiger partial charge in [-0.1, -0.05) is 42.6 Å². The van der Waals surface area contributed by atoms with Gasteiger partial charge >= 0.3 is 0 Å². The van der Waals surface area contributed by atoms with Gasteiger partial charge < -0.3 is 9.84 Å². The smallest absolute Gasteiger partial charge is 0.125 e. The minimum atomic E-state index is -0.585. The van der Waals surface area contributed by atoms with Crippen molar-refractivity contribution in [2.45, 2.75) is 51.6 Å². The van der Waals surface area contributed by atoms with E-state index in [4.69, 9.17) is 4.74 Å². The molecule has 0 amide bonds. The van der Waals surface area contributed by atoms with Crippen LogP contribution in [0.2, 0.25) is 0 Å². The van der Waals surface area contributed by atoms with Gasteiger partial charge in [-0.15, -0.1) is 0 Å². The van der Waals surface area contributed by atoms with Crippen LogP contribution >= 0.6 is 15.9 Å². The normalized spacial score (nSPS) is 32.8. The Morgan fingerprint density at radius 3 is 3.00 bits per heavy atom. The molecule has 0 saturated heterocycles. The number of fused-ring (bicyclic) bond motifs is 1. The zero-order chi connectivity index (χ0) is 14.3. The fourth-order valence-corrected chi connectivity index (χ4v) is 4.35. The molecule has 1 fully saturated rings. The minimum Gasteiger partial charge on any atom is -0.493 e. The fraction of sp³-hybridized carbons (Fsp3) is 0.647. The second-order valence-electron chi connectivity index (χ2n) is 6.59. The highest BCUT2D eigenvalue weighted by Gasteiger charge is 2.40. The van der Waals surface area contributed by atoms with Gasteiger partial charge in [-0.3, -0.25) is 0 Å². The van der Waals surface area contributed by atoms with Crippen molar-refractivity contribution in [1.82, 2.24) is 0 Å². The van der Waals surface area contributed by atoms with Gasteiger partial charge in [0.2, 0.25) is 0 Å². The second-order valence-corrected chi connectivity index (χ2v) is 7.51. The Morgan fingerprint density at radius 1 is 1.40 bits per heavy atom. The van der Waals surface area contributed by atoms with Crippen molar-refractivity contribution < 1.29 is 9.84 Å². The predicted octanol–water partition coefficient (Wildman–Crippen LogP) is 4.11. The van der Waals surface area contributed by atoms with Gasteiger partial charge in [-0.25, -0.2) is 0 Å². The summed E-state index contributed by atoms with van der Waals surface area (Å²) in [5.41, 5.74) is 1.85. The zero-order valence-corrected chi connectivity index (χ0v) is 13.9. The zero-order valence-electron chi connectivity index (χ0n) is 12.3. The van der Waals surface area contributed by atoms with E-state index in [0.717, 1.165) is 41.7 Å². The van der Waals surface area contributed by atoms with Gasteiger partial charge in [-0.2, -0.15) is 0 Å². The summed E-state index contributed by atoms with van der Waals surface area (Å²) in [4.78, 5) is 0. The molecule has 0 bridgehead atoms. The molecule has 20 heavy (non-hydrogen) atoms. The van der Waals surface area contributed by atoms with Crippen molar-refractivity contribution in [2.75, 3.05) is 6.61 Å². The van der Waals surface area contributed by atoms with Crippen LogP contribution in [0.1, 0.15) is 44.2 Å². The van der Waals surface area contributed by atoms with Crippen LogP contribution in [-0.4, -0.2) is 17.3 Å². The summed E-state index contributed by atoms with van der Waals surface area (Å²) in [6.07, 6.45) is 4.95. The Balaban J connectivity index is 1.91. The second kappa shape index (κ2) is 5.34. The van der Waals surface area contributed by atoms with Gasteiger partial charge in [0.25, 0.3) is 0 Å². The minimum absolute atomic E-state index is 0.340. The van der Waals surface area contributed by atoms with Crippen molar-refractivity contribution in [2.24, 2.45) is 11.8 Å². The summed E-state index contributed by atoms with van der Waals surface area (Å²) >= 11 is 3.59. The molecule has 1 aromatic rings. The number of halogens is 1. The van der Waals surface area contributed by atoms with E-state index in [2.05, 4.69) is 41.9 Å². The Hall–Kier alpha value is -0.540. The molecule has 0 aromatic heterocycles. The van der Waals surface area contributed by atoms with Crippen LogP contribution in [0.15, 0.2) is 16.6 Å². The molecule has 0 spiro atoms. The van der Waals surface area contributed by atoms with Crippen molar-refractivity contribution in [3.63, 3.8) is 0 Å². The molecule has 1 saturated carbocycles. The molecule has 3 heteroatoms. The largest absolute Gasteiger partial charge is 0.493 e. The quantitative estimate of drug-likeness (QED) is 0.879. The van der Waals surface area contributed by atoms with Crippen LogP contribution < -0.4 is 4.74 Å². The number of ether oxygens (including phenoxy) is 1. The van der Waals surface area contributed by atoms with Crippen molar-refractivity contribution in [3.8, 4) is 5.75 Å². The summed E-state index contributed by atoms with van der Waals surface area (Å²) in [7, 11) is 0. The molecule has 1 N–H and O–H groups in total. The average molecular weight is 339 g/mol. The van der Waals surface area contributed by atoms with Crippen LogP contribution in [0.4, 0.5) is 0 Å². The number of rotatable bonds is 2. The Bertz CT molecular complexity index is 514. The highest BCUT2D eigenvalue weighted by molar-refractivity contribution is 9.10. The van der Waals surface area contributed by atoms with E-state index < -0.39 is 5.60 Å². The maximum atomic E-state index is 11.1. The van der Waals surface area contributed by atoms with Gasteiger partial charge in [0, 0.05) is 17.3 Å². The molecule has 3 rings (SSSR count). The Morgan fingerprint density at radius 2 is 2.20 bits per heavy atom. The molecule has 2 nitrogen and oxygen atoms in total. The molecule has 110 valence electrons. The third-order valence-corrected chi connectivity index (χ3v) is 5.75. The first-order valence-corrected chi connectivity index (χ1v) is 8.45. The van der Waals surface area contributed by atoms with E-state index in [0.29, 0.717) is 18.3 Å². The summed E-state index contributed by atoms with van der Waals surface area (Å²) in [5, 5.41) is 11.1. The number of benzene rings is 1. The monoisotopic (exact) mass is 338 g/mol. The van der Waals surface area contributed by atoms with Crippen LogP contribution in [-0.2, 0) is 12.8 Å². The SMILES string of the molecule is CC1CCCC(O)(Cc2cc(Br)cc3c2OCC3)C1C. The summed E-state index contributed by atoms with van der Waals surface area (Å²) in [6, 6.07) is 4.26. The molecule has 2 aliphatic rings. The van der Waals surface area contributed by atoms with Crippen molar-refractivity contribution >= 4 is 15.9 Å². The Labute approximate surface area is 129 Å². The van der Waals surface area contributed by atoms with Gasteiger partial charge in [-0.05, 0) is 41.5 Å². The molecular formula is C17H23BrO2. The number of hydrogen-bond acceptors (Lipinski definition) is 2. The molecule has 3 unspecified atom stereocenters. The molecule has 0 radical (unpaired) electrons. The highest BCUT2D eigenvalue weighted by atomic mass is 79.9. The highest BCUT2D eigenvalue weighted by Crippen LogP contribution is 2.42. The summed E-state index contributed by atoms with van der Waals surface area (Å²) in [6.45, 7) is 5.22. The van der Waals surface area contributed by atoms with E-state index >= 15 is 0 Å². The lowest BCUT2D eigenvalue weighted by Crippen LogP contribution is -2.44. The molecule has 1 aliphatic heterocycles. The van der Waals surface area contributed by atoms with Crippen LogP contribution in [0, 0.1) is 11.8 Å².